The number of anilines is 1. The molecule has 2 N–H and O–H groups in total. The maximum Gasteiger partial charge on any atom is 0.239 e. The number of imidazole rings is 1. The molecule has 0 saturated heterocycles. The van der Waals surface area contributed by atoms with E-state index in [-0.39, 0.29) is 19.1 Å². The highest BCUT2D eigenvalue weighted by Crippen LogP contribution is 2.21. The Morgan fingerprint density at radius 3 is 3.05 bits per heavy atom. The Labute approximate surface area is 117 Å². The van der Waals surface area contributed by atoms with Crippen LogP contribution in [-0.2, 0) is 11.4 Å². The lowest BCUT2D eigenvalue weighted by Gasteiger charge is -2.17. The van der Waals surface area contributed by atoms with E-state index in [1.54, 1.807) is 4.90 Å². The Bertz CT molecular complexity index is 633. The maximum absolute atomic E-state index is 11.8. The average molecular weight is 274 g/mol. The van der Waals surface area contributed by atoms with E-state index < -0.39 is 0 Å². The lowest BCUT2D eigenvalue weighted by molar-refractivity contribution is -0.119. The van der Waals surface area contributed by atoms with Gasteiger partial charge < -0.3 is 15.3 Å². The van der Waals surface area contributed by atoms with Gasteiger partial charge >= 0.3 is 0 Å². The number of aromatic nitrogens is 2. The fourth-order valence-electron chi connectivity index (χ4n) is 2.28. The van der Waals surface area contributed by atoms with E-state index in [2.05, 4.69) is 10.3 Å². The van der Waals surface area contributed by atoms with Crippen molar-refractivity contribution in [3.8, 4) is 0 Å². The van der Waals surface area contributed by atoms with Crippen molar-refractivity contribution in [2.24, 2.45) is 0 Å². The molecule has 1 aliphatic rings. The Hall–Kier alpha value is -2.08. The number of pyridine rings is 1. The first-order valence-corrected chi connectivity index (χ1v) is 6.76. The van der Waals surface area contributed by atoms with Crippen molar-refractivity contribution >= 4 is 17.4 Å². The van der Waals surface area contributed by atoms with Crippen molar-refractivity contribution in [3.63, 3.8) is 0 Å². The second kappa shape index (κ2) is 5.13. The van der Waals surface area contributed by atoms with E-state index in [4.69, 9.17) is 0 Å². The summed E-state index contributed by atoms with van der Waals surface area (Å²) in [5.41, 5.74) is 1.46. The first kappa shape index (κ1) is 12.9. The molecule has 0 aliphatic heterocycles. The topological polar surface area (TPSA) is 69.9 Å². The van der Waals surface area contributed by atoms with Crippen LogP contribution in [0.4, 0.5) is 5.82 Å². The van der Waals surface area contributed by atoms with Crippen LogP contribution in [-0.4, -0.2) is 40.0 Å². The van der Waals surface area contributed by atoms with E-state index in [0.29, 0.717) is 17.6 Å². The van der Waals surface area contributed by atoms with Gasteiger partial charge in [0.05, 0.1) is 18.8 Å². The zero-order chi connectivity index (χ0) is 14.1. The Morgan fingerprint density at radius 1 is 1.55 bits per heavy atom. The summed E-state index contributed by atoms with van der Waals surface area (Å²) in [7, 11) is 1.81. The van der Waals surface area contributed by atoms with Gasteiger partial charge in [0, 0.05) is 19.3 Å². The van der Waals surface area contributed by atoms with Crippen molar-refractivity contribution in [1.82, 2.24) is 14.7 Å². The summed E-state index contributed by atoms with van der Waals surface area (Å²) in [4.78, 5) is 18.1. The lowest BCUT2D eigenvalue weighted by Crippen LogP contribution is -2.36. The predicted octanol–water partition coefficient (Wildman–Crippen LogP) is 0.541. The number of fused-ring (bicyclic) bond motifs is 1. The fraction of sp³-hybridized carbons (Fsp3) is 0.429. The minimum atomic E-state index is -0.116. The number of carbonyl (C=O) groups is 1. The molecular weight excluding hydrogens is 256 g/mol. The van der Waals surface area contributed by atoms with Crippen LogP contribution in [0.15, 0.2) is 24.4 Å². The number of hydrogen-bond donors (Lipinski definition) is 2. The van der Waals surface area contributed by atoms with Crippen LogP contribution in [0.3, 0.4) is 0 Å². The highest BCUT2D eigenvalue weighted by molar-refractivity contribution is 5.81. The number of amides is 1. The molecule has 1 aliphatic carbocycles. The van der Waals surface area contributed by atoms with Crippen molar-refractivity contribution in [1.29, 1.82) is 0 Å². The van der Waals surface area contributed by atoms with Gasteiger partial charge in [-0.05, 0) is 25.0 Å². The zero-order valence-corrected chi connectivity index (χ0v) is 11.4. The Kier molecular flexibility index (Phi) is 3.31. The summed E-state index contributed by atoms with van der Waals surface area (Å²) in [6, 6.07) is 6.01. The van der Waals surface area contributed by atoms with E-state index in [9.17, 15) is 9.90 Å². The van der Waals surface area contributed by atoms with Crippen LogP contribution in [0, 0.1) is 0 Å². The van der Waals surface area contributed by atoms with Crippen molar-refractivity contribution < 1.29 is 9.90 Å². The lowest BCUT2D eigenvalue weighted by atomic mass is 10.4. The molecule has 0 atom stereocenters. The molecule has 6 heteroatoms. The first-order valence-electron chi connectivity index (χ1n) is 6.76. The van der Waals surface area contributed by atoms with E-state index in [0.717, 1.165) is 18.5 Å². The number of nitrogens with one attached hydrogen (secondary N) is 1. The van der Waals surface area contributed by atoms with Gasteiger partial charge in [0.15, 0.2) is 5.82 Å². The summed E-state index contributed by atoms with van der Waals surface area (Å²) in [5, 5.41) is 12.5. The molecule has 20 heavy (non-hydrogen) atoms. The Balaban J connectivity index is 1.82. The maximum atomic E-state index is 11.8. The molecule has 2 aromatic heterocycles. The van der Waals surface area contributed by atoms with Gasteiger partial charge in [-0.3, -0.25) is 9.20 Å². The summed E-state index contributed by atoms with van der Waals surface area (Å²) in [6.07, 6.45) is 4.01. The molecular formula is C14H18N4O2. The molecule has 1 saturated carbocycles. The van der Waals surface area contributed by atoms with Crippen LogP contribution in [0.1, 0.15) is 18.5 Å². The third-order valence-electron chi connectivity index (χ3n) is 3.44. The van der Waals surface area contributed by atoms with Gasteiger partial charge in [-0.1, -0.05) is 6.07 Å². The van der Waals surface area contributed by atoms with Gasteiger partial charge in [0.25, 0.3) is 0 Å². The molecule has 0 bridgehead atoms. The van der Waals surface area contributed by atoms with Gasteiger partial charge in [0.2, 0.25) is 5.91 Å². The van der Waals surface area contributed by atoms with Crippen molar-refractivity contribution in [2.75, 3.05) is 18.5 Å². The standard InChI is InChI=1S/C14H18N4O2/c1-17(8-13(20)15-10-5-6-10)14-11(9-19)18-7-3-2-4-12(18)16-14/h2-4,7,10,19H,5-6,8-9H2,1H3,(H,15,20). The second-order valence-corrected chi connectivity index (χ2v) is 5.17. The molecule has 2 heterocycles. The SMILES string of the molecule is CN(CC(=O)NC1CC1)c1nc2ccccn2c1CO. The molecule has 106 valence electrons. The minimum absolute atomic E-state index is 0.00375. The molecule has 0 unspecified atom stereocenters. The number of carbonyl (C=O) groups excluding carboxylic acids is 1. The largest absolute Gasteiger partial charge is 0.390 e. The number of rotatable bonds is 5. The Morgan fingerprint density at radius 2 is 2.35 bits per heavy atom. The molecule has 1 amide bonds. The van der Waals surface area contributed by atoms with Crippen LogP contribution < -0.4 is 10.2 Å². The van der Waals surface area contributed by atoms with Gasteiger partial charge in [-0.25, -0.2) is 4.98 Å². The molecule has 0 aromatic carbocycles. The summed E-state index contributed by atoms with van der Waals surface area (Å²) >= 11 is 0. The fourth-order valence-corrected chi connectivity index (χ4v) is 2.28. The van der Waals surface area contributed by atoms with Crippen molar-refractivity contribution in [3.05, 3.63) is 30.1 Å². The molecule has 6 nitrogen and oxygen atoms in total. The third kappa shape index (κ3) is 2.46. The molecule has 0 radical (unpaired) electrons. The van der Waals surface area contributed by atoms with E-state index in [1.807, 2.05) is 35.8 Å². The molecule has 1 fully saturated rings. The van der Waals surface area contributed by atoms with E-state index in [1.165, 1.54) is 0 Å². The monoisotopic (exact) mass is 274 g/mol. The normalized spacial score (nSPS) is 14.5. The number of hydrogen-bond acceptors (Lipinski definition) is 4. The highest BCUT2D eigenvalue weighted by Gasteiger charge is 2.24. The molecule has 3 rings (SSSR count). The quantitative estimate of drug-likeness (QED) is 0.835. The third-order valence-corrected chi connectivity index (χ3v) is 3.44. The second-order valence-electron chi connectivity index (χ2n) is 5.17. The number of aliphatic hydroxyl groups is 1. The summed E-state index contributed by atoms with van der Waals surface area (Å²) in [5.74, 6) is 0.639. The van der Waals surface area contributed by atoms with Crippen LogP contribution in [0.5, 0.6) is 0 Å². The van der Waals surface area contributed by atoms with Gasteiger partial charge in [-0.15, -0.1) is 0 Å². The smallest absolute Gasteiger partial charge is 0.239 e. The van der Waals surface area contributed by atoms with Crippen LogP contribution in [0.2, 0.25) is 0 Å². The van der Waals surface area contributed by atoms with Gasteiger partial charge in [0.1, 0.15) is 5.65 Å². The molecule has 0 spiro atoms. The molecule has 2 aromatic rings. The summed E-state index contributed by atoms with van der Waals surface area (Å²) < 4.78 is 1.84. The first-order chi connectivity index (χ1) is 9.69. The number of nitrogens with zero attached hydrogens (tertiary/aromatic N) is 3. The van der Waals surface area contributed by atoms with E-state index >= 15 is 0 Å². The summed E-state index contributed by atoms with van der Waals surface area (Å²) in [6.45, 7) is 0.127. The predicted molar refractivity (Wildman–Crippen MR) is 75.5 cm³/mol. The van der Waals surface area contributed by atoms with Gasteiger partial charge in [-0.2, -0.15) is 0 Å². The number of aliphatic hydroxyl groups excluding tert-OH is 1. The van der Waals surface area contributed by atoms with Crippen molar-refractivity contribution in [2.45, 2.75) is 25.5 Å². The minimum Gasteiger partial charge on any atom is -0.390 e. The number of likely N-dealkylation sites (N-methyl/N-ethyl adjacent to an activating group) is 1. The van der Waals surface area contributed by atoms with Crippen LogP contribution >= 0.6 is 0 Å². The van der Waals surface area contributed by atoms with Crippen LogP contribution in [0.25, 0.3) is 5.65 Å². The zero-order valence-electron chi connectivity index (χ0n) is 11.4. The average Bonchev–Trinajstić information content (AvgIpc) is 3.16. The highest BCUT2D eigenvalue weighted by atomic mass is 16.3.